The van der Waals surface area contributed by atoms with Crippen LogP contribution in [0, 0.1) is 0 Å². The van der Waals surface area contributed by atoms with Crippen LogP contribution in [0.3, 0.4) is 0 Å². The number of alkyl halides is 3. The molecule has 20 heavy (non-hydrogen) atoms. The lowest BCUT2D eigenvalue weighted by molar-refractivity contribution is -0.274. The number of amides is 1. The van der Waals surface area contributed by atoms with Crippen molar-refractivity contribution in [3.63, 3.8) is 0 Å². The van der Waals surface area contributed by atoms with E-state index in [9.17, 15) is 22.8 Å². The Bertz CT molecular complexity index is 488. The molecule has 110 valence electrons. The van der Waals surface area contributed by atoms with E-state index in [1.807, 2.05) is 0 Å². The van der Waals surface area contributed by atoms with Crippen molar-refractivity contribution in [3.05, 3.63) is 29.8 Å². The zero-order valence-corrected chi connectivity index (χ0v) is 10.5. The van der Waals surface area contributed by atoms with E-state index >= 15 is 0 Å². The van der Waals surface area contributed by atoms with Crippen LogP contribution in [0.15, 0.2) is 24.3 Å². The summed E-state index contributed by atoms with van der Waals surface area (Å²) in [6.07, 6.45) is -4.83. The molecule has 1 aromatic rings. The number of hydrogen-bond acceptors (Lipinski definition) is 4. The van der Waals surface area contributed by atoms with Crippen molar-refractivity contribution in [2.75, 3.05) is 6.61 Å². The molecule has 1 rings (SSSR count). The molecule has 0 saturated carbocycles. The van der Waals surface area contributed by atoms with Crippen LogP contribution in [0.1, 0.15) is 12.5 Å². The van der Waals surface area contributed by atoms with Crippen molar-refractivity contribution >= 4 is 11.9 Å². The van der Waals surface area contributed by atoms with Crippen molar-refractivity contribution in [1.82, 2.24) is 5.32 Å². The van der Waals surface area contributed by atoms with Gasteiger partial charge in [0, 0.05) is 12.1 Å². The lowest BCUT2D eigenvalue weighted by Crippen LogP contribution is -2.32. The lowest BCUT2D eigenvalue weighted by Gasteiger charge is -2.13. The number of hydrogen-bond donors (Lipinski definition) is 1. The van der Waals surface area contributed by atoms with Gasteiger partial charge in [0.2, 0.25) is 0 Å². The lowest BCUT2D eigenvalue weighted by atomic mass is 10.2. The molecule has 0 aliphatic rings. The molecule has 1 N–H and O–H groups in total. The van der Waals surface area contributed by atoms with Gasteiger partial charge in [-0.3, -0.25) is 4.79 Å². The minimum atomic E-state index is -4.83. The summed E-state index contributed by atoms with van der Waals surface area (Å²) in [5, 5.41) is 2.15. The molecular formula is C12H12F3NO4. The van der Waals surface area contributed by atoms with Crippen LogP contribution >= 0.6 is 0 Å². The minimum absolute atomic E-state index is 0.0278. The SMILES string of the molecule is CCOC(=O)C(=O)NCc1ccccc1OC(F)(F)F. The third kappa shape index (κ3) is 5.17. The predicted octanol–water partition coefficient (Wildman–Crippen LogP) is 1.76. The summed E-state index contributed by atoms with van der Waals surface area (Å²) in [6.45, 7) is 1.27. The first-order valence-electron chi connectivity index (χ1n) is 5.62. The molecule has 0 fully saturated rings. The number of carbonyl (C=O) groups is 2. The Morgan fingerprint density at radius 3 is 2.50 bits per heavy atom. The van der Waals surface area contributed by atoms with Crippen LogP contribution in [0.5, 0.6) is 5.75 Å². The average molecular weight is 291 g/mol. The number of nitrogens with one attached hydrogen (secondary N) is 1. The van der Waals surface area contributed by atoms with Crippen LogP contribution in [0.4, 0.5) is 13.2 Å². The fourth-order valence-corrected chi connectivity index (χ4v) is 1.32. The van der Waals surface area contributed by atoms with Gasteiger partial charge < -0.3 is 14.8 Å². The van der Waals surface area contributed by atoms with Crippen LogP contribution in [0.25, 0.3) is 0 Å². The Morgan fingerprint density at radius 2 is 1.90 bits per heavy atom. The number of benzene rings is 1. The first-order valence-corrected chi connectivity index (χ1v) is 5.62. The van der Waals surface area contributed by atoms with Crippen LogP contribution in [0.2, 0.25) is 0 Å². The molecule has 0 aliphatic carbocycles. The molecule has 0 aliphatic heterocycles. The van der Waals surface area contributed by atoms with E-state index in [2.05, 4.69) is 14.8 Å². The summed E-state index contributed by atoms with van der Waals surface area (Å²) in [4.78, 5) is 22.3. The Morgan fingerprint density at radius 1 is 1.25 bits per heavy atom. The van der Waals surface area contributed by atoms with Gasteiger partial charge in [0.25, 0.3) is 0 Å². The summed E-state index contributed by atoms with van der Waals surface area (Å²) < 4.78 is 44.7. The Hall–Kier alpha value is -2.25. The topological polar surface area (TPSA) is 64.6 Å². The van der Waals surface area contributed by atoms with E-state index in [4.69, 9.17) is 0 Å². The van der Waals surface area contributed by atoms with Crippen LogP contribution in [-0.2, 0) is 20.9 Å². The van der Waals surface area contributed by atoms with Gasteiger partial charge in [-0.1, -0.05) is 18.2 Å². The smallest absolute Gasteiger partial charge is 0.459 e. The van der Waals surface area contributed by atoms with Crippen LogP contribution < -0.4 is 10.1 Å². The largest absolute Gasteiger partial charge is 0.573 e. The molecule has 0 aromatic heterocycles. The highest BCUT2D eigenvalue weighted by Gasteiger charge is 2.32. The normalized spacial score (nSPS) is 10.8. The highest BCUT2D eigenvalue weighted by molar-refractivity contribution is 6.32. The molecule has 1 amide bonds. The maximum atomic E-state index is 12.2. The third-order valence-corrected chi connectivity index (χ3v) is 2.10. The highest BCUT2D eigenvalue weighted by atomic mass is 19.4. The standard InChI is InChI=1S/C12H12F3NO4/c1-2-19-11(18)10(17)16-7-8-5-3-4-6-9(8)20-12(13,14)15/h3-6H,2,7H2,1H3,(H,16,17). The van der Waals surface area contributed by atoms with Crippen molar-refractivity contribution in [1.29, 1.82) is 0 Å². The molecule has 0 heterocycles. The summed E-state index contributed by atoms with van der Waals surface area (Å²) >= 11 is 0. The second-order valence-electron chi connectivity index (χ2n) is 3.56. The number of esters is 1. The molecule has 0 unspecified atom stereocenters. The first kappa shape index (κ1) is 15.8. The molecule has 5 nitrogen and oxygen atoms in total. The zero-order chi connectivity index (χ0) is 15.2. The summed E-state index contributed by atoms with van der Waals surface area (Å²) in [5.41, 5.74) is 0.0856. The van der Waals surface area contributed by atoms with Gasteiger partial charge in [-0.05, 0) is 13.0 Å². The second-order valence-corrected chi connectivity index (χ2v) is 3.56. The van der Waals surface area contributed by atoms with Crippen LogP contribution in [-0.4, -0.2) is 24.8 Å². The molecule has 8 heteroatoms. The Balaban J connectivity index is 2.69. The molecule has 0 atom stereocenters. The van der Waals surface area contributed by atoms with Gasteiger partial charge in [0.1, 0.15) is 5.75 Å². The summed E-state index contributed by atoms with van der Waals surface area (Å²) in [6, 6.07) is 5.29. The number of ether oxygens (including phenoxy) is 2. The predicted molar refractivity (Wildman–Crippen MR) is 61.6 cm³/mol. The summed E-state index contributed by atoms with van der Waals surface area (Å²) in [7, 11) is 0. The first-order chi connectivity index (χ1) is 9.33. The fraction of sp³-hybridized carbons (Fsp3) is 0.333. The molecule has 0 spiro atoms. The Labute approximate surface area is 112 Å². The van der Waals surface area contributed by atoms with Crippen molar-refractivity contribution in [3.8, 4) is 5.75 Å². The minimum Gasteiger partial charge on any atom is -0.459 e. The van der Waals surface area contributed by atoms with E-state index in [-0.39, 0.29) is 18.7 Å². The quantitative estimate of drug-likeness (QED) is 0.678. The van der Waals surface area contributed by atoms with Gasteiger partial charge in [0.15, 0.2) is 0 Å². The van der Waals surface area contributed by atoms with Gasteiger partial charge >= 0.3 is 18.2 Å². The Kier molecular flexibility index (Phi) is 5.36. The molecule has 0 bridgehead atoms. The van der Waals surface area contributed by atoms with Crippen molar-refractivity contribution in [2.24, 2.45) is 0 Å². The molecule has 0 radical (unpaired) electrons. The maximum Gasteiger partial charge on any atom is 0.573 e. The molecule has 0 saturated heterocycles. The van der Waals surface area contributed by atoms with E-state index < -0.39 is 24.0 Å². The van der Waals surface area contributed by atoms with E-state index in [1.54, 1.807) is 0 Å². The number of halogens is 3. The third-order valence-electron chi connectivity index (χ3n) is 2.10. The highest BCUT2D eigenvalue weighted by Crippen LogP contribution is 2.25. The van der Waals surface area contributed by atoms with Gasteiger partial charge in [0.05, 0.1) is 6.61 Å². The van der Waals surface area contributed by atoms with Gasteiger partial charge in [-0.25, -0.2) is 4.79 Å². The molecular weight excluding hydrogens is 279 g/mol. The number of carbonyl (C=O) groups excluding carboxylic acids is 2. The monoisotopic (exact) mass is 291 g/mol. The van der Waals surface area contributed by atoms with E-state index in [0.29, 0.717) is 0 Å². The van der Waals surface area contributed by atoms with Crippen molar-refractivity contribution in [2.45, 2.75) is 19.8 Å². The zero-order valence-electron chi connectivity index (χ0n) is 10.5. The average Bonchev–Trinajstić information content (AvgIpc) is 2.35. The number of rotatable bonds is 4. The maximum absolute atomic E-state index is 12.2. The van der Waals surface area contributed by atoms with Gasteiger partial charge in [-0.2, -0.15) is 0 Å². The van der Waals surface area contributed by atoms with Crippen molar-refractivity contribution < 1.29 is 32.2 Å². The number of para-hydroxylation sites is 1. The van der Waals surface area contributed by atoms with E-state index in [0.717, 1.165) is 6.07 Å². The van der Waals surface area contributed by atoms with E-state index in [1.165, 1.54) is 25.1 Å². The second kappa shape index (κ2) is 6.78. The molecule has 1 aromatic carbocycles. The summed E-state index contributed by atoms with van der Waals surface area (Å²) in [5.74, 6) is -2.57. The fourth-order valence-electron chi connectivity index (χ4n) is 1.32. The van der Waals surface area contributed by atoms with Gasteiger partial charge in [-0.15, -0.1) is 13.2 Å².